The lowest BCUT2D eigenvalue weighted by Crippen LogP contribution is -2.47. The van der Waals surface area contributed by atoms with Crippen LogP contribution in [0.4, 0.5) is 0 Å². The lowest BCUT2D eigenvalue weighted by Gasteiger charge is -2.34. The lowest BCUT2D eigenvalue weighted by atomic mass is 10.2. The zero-order valence-electron chi connectivity index (χ0n) is 9.54. The molecule has 0 aliphatic carbocycles. The number of nitrogens with zero attached hydrogens (tertiary/aromatic N) is 2. The van der Waals surface area contributed by atoms with E-state index in [1.165, 1.54) is 52.0 Å². The van der Waals surface area contributed by atoms with Gasteiger partial charge in [-0.15, -0.1) is 0 Å². The van der Waals surface area contributed by atoms with Crippen LogP contribution >= 0.6 is 0 Å². The molecule has 2 N–H and O–H groups in total. The summed E-state index contributed by atoms with van der Waals surface area (Å²) in [5.41, 5.74) is 5.54. The summed E-state index contributed by atoms with van der Waals surface area (Å²) in [5, 5.41) is 0. The summed E-state index contributed by atoms with van der Waals surface area (Å²) in [6, 6.07) is 0. The molecule has 1 fully saturated rings. The van der Waals surface area contributed by atoms with Gasteiger partial charge in [0.25, 0.3) is 0 Å². The highest BCUT2D eigenvalue weighted by Crippen LogP contribution is 2.03. The largest absolute Gasteiger partial charge is 0.329 e. The van der Waals surface area contributed by atoms with E-state index in [1.807, 2.05) is 0 Å². The minimum atomic E-state index is 0.801. The first-order chi connectivity index (χ1) is 6.86. The summed E-state index contributed by atoms with van der Waals surface area (Å²) in [4.78, 5) is 5.05. The van der Waals surface area contributed by atoms with Crippen LogP contribution in [0.15, 0.2) is 0 Å². The molecular weight excluding hydrogens is 174 g/mol. The normalized spacial score (nSPS) is 20.1. The van der Waals surface area contributed by atoms with Crippen molar-refractivity contribution >= 4 is 0 Å². The summed E-state index contributed by atoms with van der Waals surface area (Å²) >= 11 is 0. The van der Waals surface area contributed by atoms with Crippen LogP contribution in [-0.2, 0) is 0 Å². The van der Waals surface area contributed by atoms with Crippen molar-refractivity contribution in [2.75, 3.05) is 45.8 Å². The van der Waals surface area contributed by atoms with Crippen LogP contribution in [0.2, 0.25) is 0 Å². The number of hydrogen-bond acceptors (Lipinski definition) is 3. The molecule has 84 valence electrons. The predicted molar refractivity (Wildman–Crippen MR) is 61.5 cm³/mol. The molecule has 14 heavy (non-hydrogen) atoms. The first-order valence-electron chi connectivity index (χ1n) is 6.01. The predicted octanol–water partition coefficient (Wildman–Crippen LogP) is 0.753. The van der Waals surface area contributed by atoms with E-state index >= 15 is 0 Å². The minimum absolute atomic E-state index is 0.801. The third kappa shape index (κ3) is 4.40. The molecule has 3 heteroatoms. The van der Waals surface area contributed by atoms with Crippen LogP contribution in [0.5, 0.6) is 0 Å². The Hall–Kier alpha value is -0.120. The Labute approximate surface area is 88.2 Å². The monoisotopic (exact) mass is 199 g/mol. The Bertz CT molecular complexity index is 130. The Kier molecular flexibility index (Phi) is 6.15. The Morgan fingerprint density at radius 3 is 2.00 bits per heavy atom. The molecule has 1 rings (SSSR count). The standard InChI is InChI=1S/C11H25N3/c1-2-3-4-6-13-8-10-14(7-5-12)11-9-13/h2-12H2,1H3. The smallest absolute Gasteiger partial charge is 0.0110 e. The highest BCUT2D eigenvalue weighted by atomic mass is 15.3. The number of hydrogen-bond donors (Lipinski definition) is 1. The number of piperazine rings is 1. The molecule has 0 unspecified atom stereocenters. The Morgan fingerprint density at radius 2 is 1.50 bits per heavy atom. The number of unbranched alkanes of at least 4 members (excludes halogenated alkanes) is 2. The van der Waals surface area contributed by atoms with E-state index in [0.717, 1.165) is 13.1 Å². The van der Waals surface area contributed by atoms with Gasteiger partial charge in [0.2, 0.25) is 0 Å². The maximum atomic E-state index is 5.54. The van der Waals surface area contributed by atoms with Crippen LogP contribution in [0.25, 0.3) is 0 Å². The second-order valence-electron chi connectivity index (χ2n) is 4.18. The molecule has 0 radical (unpaired) electrons. The van der Waals surface area contributed by atoms with Crippen molar-refractivity contribution in [3.63, 3.8) is 0 Å². The fourth-order valence-corrected chi connectivity index (χ4v) is 2.00. The van der Waals surface area contributed by atoms with Gasteiger partial charge in [-0.3, -0.25) is 4.90 Å². The molecule has 0 aromatic rings. The summed E-state index contributed by atoms with van der Waals surface area (Å²) in [5.74, 6) is 0. The maximum Gasteiger partial charge on any atom is 0.0110 e. The summed E-state index contributed by atoms with van der Waals surface area (Å²) < 4.78 is 0. The van der Waals surface area contributed by atoms with Gasteiger partial charge in [-0.25, -0.2) is 0 Å². The first-order valence-corrected chi connectivity index (χ1v) is 6.01. The van der Waals surface area contributed by atoms with Crippen molar-refractivity contribution < 1.29 is 0 Å². The van der Waals surface area contributed by atoms with Crippen molar-refractivity contribution in [3.8, 4) is 0 Å². The third-order valence-electron chi connectivity index (χ3n) is 2.99. The van der Waals surface area contributed by atoms with Gasteiger partial charge in [-0.2, -0.15) is 0 Å². The molecule has 0 aromatic heterocycles. The van der Waals surface area contributed by atoms with E-state index in [1.54, 1.807) is 0 Å². The molecule has 0 amide bonds. The van der Waals surface area contributed by atoms with Crippen molar-refractivity contribution in [2.45, 2.75) is 26.2 Å². The molecule has 3 nitrogen and oxygen atoms in total. The van der Waals surface area contributed by atoms with Crippen LogP contribution in [0, 0.1) is 0 Å². The fourth-order valence-electron chi connectivity index (χ4n) is 2.00. The van der Waals surface area contributed by atoms with Crippen LogP contribution in [0.1, 0.15) is 26.2 Å². The Morgan fingerprint density at radius 1 is 0.929 bits per heavy atom. The van der Waals surface area contributed by atoms with Gasteiger partial charge in [-0.05, 0) is 13.0 Å². The second-order valence-corrected chi connectivity index (χ2v) is 4.18. The molecule has 1 saturated heterocycles. The Balaban J connectivity index is 2.03. The van der Waals surface area contributed by atoms with Crippen LogP contribution in [0.3, 0.4) is 0 Å². The molecule has 0 aromatic carbocycles. The van der Waals surface area contributed by atoms with Gasteiger partial charge in [0, 0.05) is 39.3 Å². The molecule has 1 aliphatic heterocycles. The molecule has 0 saturated carbocycles. The number of nitrogens with two attached hydrogens (primary N) is 1. The van der Waals surface area contributed by atoms with Gasteiger partial charge < -0.3 is 10.6 Å². The third-order valence-corrected chi connectivity index (χ3v) is 2.99. The van der Waals surface area contributed by atoms with Gasteiger partial charge in [0.1, 0.15) is 0 Å². The van der Waals surface area contributed by atoms with E-state index < -0.39 is 0 Å². The van der Waals surface area contributed by atoms with Gasteiger partial charge in [0.05, 0.1) is 0 Å². The molecule has 0 atom stereocenters. The summed E-state index contributed by atoms with van der Waals surface area (Å²) in [6.07, 6.45) is 4.07. The van der Waals surface area contributed by atoms with Crippen molar-refractivity contribution in [2.24, 2.45) is 5.73 Å². The zero-order valence-corrected chi connectivity index (χ0v) is 9.54. The lowest BCUT2D eigenvalue weighted by molar-refractivity contribution is 0.133. The minimum Gasteiger partial charge on any atom is -0.329 e. The second kappa shape index (κ2) is 7.21. The average Bonchev–Trinajstić information content (AvgIpc) is 2.21. The van der Waals surface area contributed by atoms with E-state index in [-0.39, 0.29) is 0 Å². The van der Waals surface area contributed by atoms with Crippen molar-refractivity contribution in [3.05, 3.63) is 0 Å². The average molecular weight is 199 g/mol. The molecule has 0 bridgehead atoms. The number of rotatable bonds is 6. The van der Waals surface area contributed by atoms with E-state index in [2.05, 4.69) is 16.7 Å². The van der Waals surface area contributed by atoms with Gasteiger partial charge in [-0.1, -0.05) is 19.8 Å². The van der Waals surface area contributed by atoms with E-state index in [4.69, 9.17) is 5.73 Å². The summed E-state index contributed by atoms with van der Waals surface area (Å²) in [6.45, 7) is 10.3. The van der Waals surface area contributed by atoms with E-state index in [0.29, 0.717) is 0 Å². The topological polar surface area (TPSA) is 32.5 Å². The SMILES string of the molecule is CCCCCN1CCN(CCN)CC1. The summed E-state index contributed by atoms with van der Waals surface area (Å²) in [7, 11) is 0. The first kappa shape index (κ1) is 12.0. The molecule has 1 aliphatic rings. The highest BCUT2D eigenvalue weighted by Gasteiger charge is 2.14. The fraction of sp³-hybridized carbons (Fsp3) is 1.00. The molecular formula is C11H25N3. The van der Waals surface area contributed by atoms with Gasteiger partial charge >= 0.3 is 0 Å². The van der Waals surface area contributed by atoms with E-state index in [9.17, 15) is 0 Å². The van der Waals surface area contributed by atoms with Crippen LogP contribution < -0.4 is 5.73 Å². The quantitative estimate of drug-likeness (QED) is 0.641. The zero-order chi connectivity index (χ0) is 10.2. The molecule has 0 spiro atoms. The highest BCUT2D eigenvalue weighted by molar-refractivity contribution is 4.71. The van der Waals surface area contributed by atoms with Gasteiger partial charge in [0.15, 0.2) is 0 Å². The van der Waals surface area contributed by atoms with Crippen LogP contribution in [-0.4, -0.2) is 55.6 Å². The molecule has 1 heterocycles. The maximum absolute atomic E-state index is 5.54. The van der Waals surface area contributed by atoms with Crippen molar-refractivity contribution in [1.82, 2.24) is 9.80 Å². The van der Waals surface area contributed by atoms with Crippen molar-refractivity contribution in [1.29, 1.82) is 0 Å².